The number of hydrogen-bond acceptors (Lipinski definition) is 5. The summed E-state index contributed by atoms with van der Waals surface area (Å²) < 4.78 is 40.3. The third-order valence-electron chi connectivity index (χ3n) is 6.68. The van der Waals surface area contributed by atoms with E-state index in [4.69, 9.17) is 9.47 Å². The lowest BCUT2D eigenvalue weighted by Gasteiger charge is -2.25. The zero-order chi connectivity index (χ0) is 23.6. The Morgan fingerprint density at radius 1 is 1.15 bits per heavy atom. The van der Waals surface area contributed by atoms with E-state index in [1.807, 2.05) is 6.07 Å². The van der Waals surface area contributed by atoms with Crippen molar-refractivity contribution in [3.05, 3.63) is 58.4 Å². The zero-order valence-corrected chi connectivity index (χ0v) is 18.9. The van der Waals surface area contributed by atoms with Gasteiger partial charge in [-0.3, -0.25) is 13.7 Å². The minimum atomic E-state index is -4.74. The van der Waals surface area contributed by atoms with E-state index in [1.165, 1.54) is 6.07 Å². The number of pyridine rings is 1. The summed E-state index contributed by atoms with van der Waals surface area (Å²) in [5, 5.41) is 0.0388. The molecule has 6 rings (SSSR count). The SMILES string of the molecule is O=c1n(CC2CCC2)c2cnc3c4c(ccc3c2n1Cc1ccc(P(=O)(O)O)c(F)c1)OCO4. The highest BCUT2D eigenvalue weighted by atomic mass is 31.2. The van der Waals surface area contributed by atoms with Gasteiger partial charge < -0.3 is 19.3 Å². The zero-order valence-electron chi connectivity index (χ0n) is 18.0. The summed E-state index contributed by atoms with van der Waals surface area (Å²) in [5.41, 5.74) is 2.06. The first kappa shape index (κ1) is 21.3. The average molecular weight is 485 g/mol. The van der Waals surface area contributed by atoms with E-state index in [0.29, 0.717) is 51.5 Å². The van der Waals surface area contributed by atoms with Crippen LogP contribution in [-0.4, -0.2) is 30.7 Å². The lowest BCUT2D eigenvalue weighted by atomic mass is 9.85. The van der Waals surface area contributed by atoms with Crippen molar-refractivity contribution in [1.29, 1.82) is 0 Å². The van der Waals surface area contributed by atoms with E-state index in [1.54, 1.807) is 21.4 Å². The molecule has 0 radical (unpaired) electrons. The van der Waals surface area contributed by atoms with Crippen molar-refractivity contribution in [2.24, 2.45) is 5.92 Å². The standard InChI is InChI=1S/C23H21FN3O6P/c24-16-8-14(4-7-19(16)34(29,30)31)11-27-21-15-5-6-18-22(33-12-32-18)20(15)25-9-17(21)26(23(27)28)10-13-2-1-3-13/h4-9,13H,1-3,10-12H2,(H2,29,30,31). The molecular formula is C23H21FN3O6P. The quantitative estimate of drug-likeness (QED) is 0.418. The van der Waals surface area contributed by atoms with E-state index in [9.17, 15) is 23.5 Å². The molecule has 34 heavy (non-hydrogen) atoms. The molecule has 4 aromatic rings. The molecule has 3 heterocycles. The largest absolute Gasteiger partial charge is 0.454 e. The Morgan fingerprint density at radius 2 is 1.97 bits per heavy atom. The highest BCUT2D eigenvalue weighted by Gasteiger charge is 2.26. The Labute approximate surface area is 192 Å². The number of nitrogens with zero attached hydrogens (tertiary/aromatic N) is 3. The van der Waals surface area contributed by atoms with Crippen molar-refractivity contribution in [1.82, 2.24) is 14.1 Å². The summed E-state index contributed by atoms with van der Waals surface area (Å²) in [6.07, 6.45) is 4.93. The molecule has 1 aliphatic heterocycles. The van der Waals surface area contributed by atoms with Gasteiger partial charge in [0.25, 0.3) is 0 Å². The monoisotopic (exact) mass is 485 g/mol. The van der Waals surface area contributed by atoms with Crippen molar-refractivity contribution >= 4 is 34.8 Å². The minimum absolute atomic E-state index is 0.0267. The Kier molecular flexibility index (Phi) is 4.81. The average Bonchev–Trinajstić information content (AvgIpc) is 3.33. The fourth-order valence-electron chi connectivity index (χ4n) is 4.75. The summed E-state index contributed by atoms with van der Waals surface area (Å²) in [5.74, 6) is 0.510. The van der Waals surface area contributed by atoms with Gasteiger partial charge in [-0.1, -0.05) is 12.5 Å². The first-order valence-corrected chi connectivity index (χ1v) is 12.6. The van der Waals surface area contributed by atoms with Crippen LogP contribution in [0.3, 0.4) is 0 Å². The van der Waals surface area contributed by atoms with Crippen LogP contribution in [0, 0.1) is 11.7 Å². The first-order chi connectivity index (χ1) is 16.3. The molecule has 0 bridgehead atoms. The number of fused-ring (bicyclic) bond motifs is 5. The topological polar surface area (TPSA) is 116 Å². The Balaban J connectivity index is 1.55. The second-order valence-corrected chi connectivity index (χ2v) is 10.4. The van der Waals surface area contributed by atoms with Gasteiger partial charge in [0.15, 0.2) is 11.5 Å². The molecule has 0 saturated heterocycles. The summed E-state index contributed by atoms with van der Waals surface area (Å²) in [7, 11) is -4.74. The molecule has 2 aliphatic rings. The van der Waals surface area contributed by atoms with Gasteiger partial charge in [0.2, 0.25) is 6.79 Å². The third-order valence-corrected chi connectivity index (χ3v) is 7.67. The summed E-state index contributed by atoms with van der Waals surface area (Å²) in [6, 6.07) is 7.17. The second-order valence-electron chi connectivity index (χ2n) is 8.79. The minimum Gasteiger partial charge on any atom is -0.454 e. The molecule has 2 aromatic carbocycles. The number of halogens is 1. The van der Waals surface area contributed by atoms with Gasteiger partial charge in [0, 0.05) is 11.9 Å². The summed E-state index contributed by atoms with van der Waals surface area (Å²) >= 11 is 0. The maximum absolute atomic E-state index is 14.5. The van der Waals surface area contributed by atoms with Crippen LogP contribution in [0.5, 0.6) is 11.5 Å². The van der Waals surface area contributed by atoms with Gasteiger partial charge in [-0.2, -0.15) is 0 Å². The van der Waals surface area contributed by atoms with Crippen molar-refractivity contribution in [2.45, 2.75) is 32.4 Å². The van der Waals surface area contributed by atoms with Crippen LogP contribution in [0.25, 0.3) is 21.9 Å². The smallest absolute Gasteiger partial charge is 0.359 e. The van der Waals surface area contributed by atoms with Gasteiger partial charge in [0.1, 0.15) is 11.3 Å². The molecule has 176 valence electrons. The van der Waals surface area contributed by atoms with Crippen molar-refractivity contribution < 1.29 is 28.2 Å². The number of benzene rings is 2. The van der Waals surface area contributed by atoms with Crippen LogP contribution in [-0.2, 0) is 17.7 Å². The van der Waals surface area contributed by atoms with Crippen LogP contribution < -0.4 is 20.5 Å². The van der Waals surface area contributed by atoms with Crippen LogP contribution in [0.15, 0.2) is 41.3 Å². The van der Waals surface area contributed by atoms with Crippen LogP contribution >= 0.6 is 7.60 Å². The molecule has 0 atom stereocenters. The third kappa shape index (κ3) is 3.33. The van der Waals surface area contributed by atoms with E-state index in [2.05, 4.69) is 4.98 Å². The lowest BCUT2D eigenvalue weighted by molar-refractivity contribution is 0.174. The molecule has 2 aromatic heterocycles. The van der Waals surface area contributed by atoms with Gasteiger partial charge >= 0.3 is 13.3 Å². The van der Waals surface area contributed by atoms with E-state index in [-0.39, 0.29) is 19.0 Å². The van der Waals surface area contributed by atoms with Crippen LogP contribution in [0.2, 0.25) is 0 Å². The lowest BCUT2D eigenvalue weighted by Crippen LogP contribution is -2.29. The number of imidazole rings is 1. The molecule has 1 fully saturated rings. The van der Waals surface area contributed by atoms with Crippen LogP contribution in [0.4, 0.5) is 4.39 Å². The Bertz CT molecular complexity index is 1570. The summed E-state index contributed by atoms with van der Waals surface area (Å²) in [6.45, 7) is 0.694. The highest BCUT2D eigenvalue weighted by molar-refractivity contribution is 7.60. The van der Waals surface area contributed by atoms with E-state index < -0.39 is 18.7 Å². The molecule has 1 saturated carbocycles. The Morgan fingerprint density at radius 3 is 2.68 bits per heavy atom. The maximum Gasteiger partial charge on any atom is 0.359 e. The molecule has 0 amide bonds. The van der Waals surface area contributed by atoms with Gasteiger partial charge in [-0.15, -0.1) is 0 Å². The number of ether oxygens (including phenoxy) is 2. The molecule has 0 spiro atoms. The van der Waals surface area contributed by atoms with Crippen molar-refractivity contribution in [3.8, 4) is 11.5 Å². The Hall–Kier alpha value is -3.20. The van der Waals surface area contributed by atoms with Crippen molar-refractivity contribution in [3.63, 3.8) is 0 Å². The normalized spacial score (nSPS) is 15.9. The molecule has 0 unspecified atom stereocenters. The van der Waals surface area contributed by atoms with E-state index in [0.717, 1.165) is 31.4 Å². The molecule has 1 aliphatic carbocycles. The molecule has 9 nitrogen and oxygen atoms in total. The highest BCUT2D eigenvalue weighted by Crippen LogP contribution is 2.40. The fourth-order valence-corrected chi connectivity index (χ4v) is 5.36. The molecule has 11 heteroatoms. The second kappa shape index (κ2) is 7.66. The van der Waals surface area contributed by atoms with Crippen molar-refractivity contribution in [2.75, 3.05) is 6.79 Å². The van der Waals surface area contributed by atoms with E-state index >= 15 is 0 Å². The van der Waals surface area contributed by atoms with Gasteiger partial charge in [-0.25, -0.2) is 14.2 Å². The van der Waals surface area contributed by atoms with Crippen LogP contribution in [0.1, 0.15) is 24.8 Å². The predicted molar refractivity (Wildman–Crippen MR) is 122 cm³/mol. The number of aromatic nitrogens is 3. The molecule has 2 N–H and O–H groups in total. The first-order valence-electron chi connectivity index (χ1n) is 11.0. The number of hydrogen-bond donors (Lipinski definition) is 2. The predicted octanol–water partition coefficient (Wildman–Crippen LogP) is 2.87. The number of rotatable bonds is 5. The maximum atomic E-state index is 14.5. The summed E-state index contributed by atoms with van der Waals surface area (Å²) in [4.78, 5) is 36.8. The van der Waals surface area contributed by atoms with Gasteiger partial charge in [-0.05, 0) is 48.6 Å². The fraction of sp³-hybridized carbons (Fsp3) is 0.304. The molecular weight excluding hydrogens is 464 g/mol. The van der Waals surface area contributed by atoms with Gasteiger partial charge in [0.05, 0.1) is 29.1 Å².